The molecular formula is C21H19FN2O4S. The predicted octanol–water partition coefficient (Wildman–Crippen LogP) is 3.80. The summed E-state index contributed by atoms with van der Waals surface area (Å²) in [6.07, 6.45) is 0.147. The van der Waals surface area contributed by atoms with E-state index in [4.69, 9.17) is 9.47 Å². The van der Waals surface area contributed by atoms with Gasteiger partial charge >= 0.3 is 4.87 Å². The van der Waals surface area contributed by atoms with Gasteiger partial charge in [0, 0.05) is 24.9 Å². The molecule has 1 aliphatic heterocycles. The Kier molecular flexibility index (Phi) is 4.87. The Bertz CT molecular complexity index is 1140. The van der Waals surface area contributed by atoms with Crippen LogP contribution in [0.25, 0.3) is 0 Å². The lowest BCUT2D eigenvalue weighted by Gasteiger charge is -2.32. The lowest BCUT2D eigenvalue weighted by atomic mass is 9.89. The molecule has 150 valence electrons. The highest BCUT2D eigenvalue weighted by Gasteiger charge is 2.38. The van der Waals surface area contributed by atoms with Gasteiger partial charge in [0.1, 0.15) is 23.1 Å². The largest absolute Gasteiger partial charge is 0.497 e. The van der Waals surface area contributed by atoms with Crippen LogP contribution in [0, 0.1) is 5.82 Å². The highest BCUT2D eigenvalue weighted by Crippen LogP contribution is 2.47. The van der Waals surface area contributed by atoms with Crippen molar-refractivity contribution in [3.63, 3.8) is 0 Å². The van der Waals surface area contributed by atoms with E-state index in [1.807, 2.05) is 6.07 Å². The molecule has 29 heavy (non-hydrogen) atoms. The van der Waals surface area contributed by atoms with Crippen molar-refractivity contribution in [1.29, 1.82) is 0 Å². The molecule has 1 unspecified atom stereocenters. The number of nitrogens with zero attached hydrogens (tertiary/aromatic N) is 2. The van der Waals surface area contributed by atoms with Crippen molar-refractivity contribution in [2.75, 3.05) is 19.1 Å². The van der Waals surface area contributed by atoms with E-state index in [2.05, 4.69) is 0 Å². The van der Waals surface area contributed by atoms with E-state index in [9.17, 15) is 14.0 Å². The Morgan fingerprint density at radius 1 is 1.07 bits per heavy atom. The molecule has 8 heteroatoms. The molecule has 0 saturated carbocycles. The molecule has 2 aromatic carbocycles. The second kappa shape index (κ2) is 7.36. The third-order valence-corrected chi connectivity index (χ3v) is 6.20. The Hall–Kier alpha value is -3.13. The van der Waals surface area contributed by atoms with Gasteiger partial charge in [-0.25, -0.2) is 4.39 Å². The number of ether oxygens (including phenoxy) is 2. The third-order valence-electron chi connectivity index (χ3n) is 5.06. The first-order valence-corrected chi connectivity index (χ1v) is 9.76. The highest BCUT2D eigenvalue weighted by atomic mass is 32.1. The first-order valence-electron chi connectivity index (χ1n) is 8.94. The van der Waals surface area contributed by atoms with Crippen LogP contribution < -0.4 is 19.2 Å². The van der Waals surface area contributed by atoms with Crippen LogP contribution in [0.15, 0.2) is 47.3 Å². The zero-order valence-corrected chi connectivity index (χ0v) is 17.0. The number of methoxy groups -OCH3 is 2. The van der Waals surface area contributed by atoms with Crippen molar-refractivity contribution < 1.29 is 18.7 Å². The van der Waals surface area contributed by atoms with Gasteiger partial charge in [-0.05, 0) is 42.5 Å². The van der Waals surface area contributed by atoms with E-state index in [1.165, 1.54) is 33.7 Å². The van der Waals surface area contributed by atoms with E-state index in [0.29, 0.717) is 23.0 Å². The van der Waals surface area contributed by atoms with E-state index >= 15 is 0 Å². The number of anilines is 2. The van der Waals surface area contributed by atoms with Crippen LogP contribution in [0.5, 0.6) is 11.5 Å². The molecule has 1 aromatic heterocycles. The Labute approximate surface area is 170 Å². The second-order valence-corrected chi connectivity index (χ2v) is 7.68. The van der Waals surface area contributed by atoms with Crippen LogP contribution in [0.4, 0.5) is 15.9 Å². The molecule has 3 aromatic rings. The summed E-state index contributed by atoms with van der Waals surface area (Å²) in [4.78, 5) is 27.8. The fraction of sp³-hybridized carbons (Fsp3) is 0.238. The molecule has 0 saturated heterocycles. The van der Waals surface area contributed by atoms with Gasteiger partial charge in [0.2, 0.25) is 5.91 Å². The Morgan fingerprint density at radius 2 is 1.79 bits per heavy atom. The van der Waals surface area contributed by atoms with Crippen LogP contribution in [-0.4, -0.2) is 24.7 Å². The topological polar surface area (TPSA) is 60.8 Å². The van der Waals surface area contributed by atoms with Gasteiger partial charge in [0.15, 0.2) is 0 Å². The van der Waals surface area contributed by atoms with Crippen molar-refractivity contribution in [2.24, 2.45) is 7.05 Å². The van der Waals surface area contributed by atoms with Gasteiger partial charge in [0.25, 0.3) is 0 Å². The molecule has 2 heterocycles. The van der Waals surface area contributed by atoms with E-state index in [0.717, 1.165) is 21.8 Å². The van der Waals surface area contributed by atoms with Gasteiger partial charge in [-0.3, -0.25) is 19.1 Å². The number of amides is 1. The molecule has 0 fully saturated rings. The summed E-state index contributed by atoms with van der Waals surface area (Å²) in [5, 5.41) is 0. The van der Waals surface area contributed by atoms with Gasteiger partial charge in [-0.1, -0.05) is 11.3 Å². The molecule has 0 radical (unpaired) electrons. The fourth-order valence-corrected chi connectivity index (χ4v) is 4.73. The lowest BCUT2D eigenvalue weighted by molar-refractivity contribution is -0.118. The summed E-state index contributed by atoms with van der Waals surface area (Å²) in [5.74, 6) is 0.826. The lowest BCUT2D eigenvalue weighted by Crippen LogP contribution is -2.34. The number of halogens is 1. The van der Waals surface area contributed by atoms with Crippen LogP contribution in [0.3, 0.4) is 0 Å². The molecule has 0 spiro atoms. The SMILES string of the molecule is COc1ccc(OC)c(C2CC(=O)N(c3ccc(F)cc3)c3c2sc(=O)n3C)c1. The van der Waals surface area contributed by atoms with Crippen molar-refractivity contribution in [3.8, 4) is 11.5 Å². The first kappa shape index (κ1) is 19.2. The van der Waals surface area contributed by atoms with Crippen molar-refractivity contribution in [2.45, 2.75) is 12.3 Å². The maximum atomic E-state index is 13.4. The van der Waals surface area contributed by atoms with Crippen LogP contribution in [0.1, 0.15) is 22.8 Å². The van der Waals surface area contributed by atoms with Crippen molar-refractivity contribution in [1.82, 2.24) is 4.57 Å². The van der Waals surface area contributed by atoms with Crippen molar-refractivity contribution in [3.05, 3.63) is 68.4 Å². The van der Waals surface area contributed by atoms with Crippen LogP contribution in [0.2, 0.25) is 0 Å². The smallest absolute Gasteiger partial charge is 0.308 e. The van der Waals surface area contributed by atoms with Gasteiger partial charge in [-0.15, -0.1) is 0 Å². The molecule has 4 rings (SSSR count). The highest BCUT2D eigenvalue weighted by molar-refractivity contribution is 7.10. The third kappa shape index (κ3) is 3.19. The normalized spacial score (nSPS) is 15.9. The van der Waals surface area contributed by atoms with Crippen molar-refractivity contribution >= 4 is 28.7 Å². The summed E-state index contributed by atoms with van der Waals surface area (Å²) in [7, 11) is 4.77. The van der Waals surface area contributed by atoms with Crippen LogP contribution >= 0.6 is 11.3 Å². The maximum absolute atomic E-state index is 13.4. The summed E-state index contributed by atoms with van der Waals surface area (Å²) in [6.45, 7) is 0. The number of benzene rings is 2. The Balaban J connectivity index is 1.91. The average molecular weight is 414 g/mol. The molecule has 1 amide bonds. The minimum absolute atomic E-state index is 0.147. The minimum atomic E-state index is -0.392. The summed E-state index contributed by atoms with van der Waals surface area (Å²) >= 11 is 1.10. The zero-order valence-electron chi connectivity index (χ0n) is 16.1. The van der Waals surface area contributed by atoms with E-state index < -0.39 is 5.82 Å². The molecule has 6 nitrogen and oxygen atoms in total. The second-order valence-electron chi connectivity index (χ2n) is 6.69. The molecular weight excluding hydrogens is 395 g/mol. The number of hydrogen-bond acceptors (Lipinski definition) is 5. The van der Waals surface area contributed by atoms with Gasteiger partial charge < -0.3 is 9.47 Å². The number of rotatable bonds is 4. The molecule has 0 N–H and O–H groups in total. The number of hydrogen-bond donors (Lipinski definition) is 0. The fourth-order valence-electron chi connectivity index (χ4n) is 3.64. The number of carbonyl (C=O) groups excluding carboxylic acids is 1. The molecule has 1 aliphatic rings. The Morgan fingerprint density at radius 3 is 2.45 bits per heavy atom. The zero-order chi connectivity index (χ0) is 20.7. The van der Waals surface area contributed by atoms with Gasteiger partial charge in [-0.2, -0.15) is 0 Å². The molecule has 1 atom stereocenters. The first-order chi connectivity index (χ1) is 13.9. The molecule has 0 aliphatic carbocycles. The quantitative estimate of drug-likeness (QED) is 0.652. The monoisotopic (exact) mass is 414 g/mol. The predicted molar refractivity (Wildman–Crippen MR) is 109 cm³/mol. The van der Waals surface area contributed by atoms with Crippen LogP contribution in [-0.2, 0) is 11.8 Å². The summed E-state index contributed by atoms with van der Waals surface area (Å²) in [5.41, 5.74) is 1.30. The minimum Gasteiger partial charge on any atom is -0.497 e. The number of carbonyl (C=O) groups is 1. The number of aromatic nitrogens is 1. The number of thiazole rings is 1. The van der Waals surface area contributed by atoms with E-state index in [1.54, 1.807) is 33.4 Å². The summed E-state index contributed by atoms with van der Waals surface area (Å²) < 4.78 is 25.7. The van der Waals surface area contributed by atoms with E-state index in [-0.39, 0.29) is 23.1 Å². The average Bonchev–Trinajstić information content (AvgIpc) is 3.02. The standard InChI is InChI=1S/C21H19FN2O4S/c1-23-20-19(29-21(23)26)16(15-10-14(27-2)8-9-17(15)28-3)11-18(25)24(20)13-6-4-12(22)5-7-13/h4-10,16H,11H2,1-3H3. The number of fused-ring (bicyclic) bond motifs is 1. The van der Waals surface area contributed by atoms with Gasteiger partial charge in [0.05, 0.1) is 24.8 Å². The summed E-state index contributed by atoms with van der Waals surface area (Å²) in [6, 6.07) is 11.1. The maximum Gasteiger partial charge on any atom is 0.308 e. The molecule has 0 bridgehead atoms.